The average Bonchev–Trinajstić information content (AvgIpc) is 2.36. The van der Waals surface area contributed by atoms with Crippen LogP contribution in [0.2, 0.25) is 0 Å². The molecule has 1 fully saturated rings. The van der Waals surface area contributed by atoms with Gasteiger partial charge in [-0.25, -0.2) is 13.1 Å². The smallest absolute Gasteiger partial charge is 0.237 e. The second-order valence-electron chi connectivity index (χ2n) is 4.08. The van der Waals surface area contributed by atoms with E-state index in [2.05, 4.69) is 4.72 Å². The molecule has 96 valence electrons. The molecule has 1 unspecified atom stereocenters. The van der Waals surface area contributed by atoms with Crippen molar-refractivity contribution >= 4 is 15.9 Å². The van der Waals surface area contributed by atoms with E-state index in [0.29, 0.717) is 13.1 Å². The molecule has 0 bridgehead atoms. The molecule has 0 aromatic heterocycles. The summed E-state index contributed by atoms with van der Waals surface area (Å²) in [6.45, 7) is 2.41. The zero-order valence-electron chi connectivity index (χ0n) is 9.85. The maximum absolute atomic E-state index is 11.7. The molecule has 0 aromatic rings. The molecule has 0 radical (unpaired) electrons. The van der Waals surface area contributed by atoms with Crippen molar-refractivity contribution < 1.29 is 13.2 Å². The molecule has 1 atom stereocenters. The van der Waals surface area contributed by atoms with Crippen LogP contribution in [0.4, 0.5) is 0 Å². The van der Waals surface area contributed by atoms with Crippen molar-refractivity contribution in [3.8, 4) is 6.07 Å². The van der Waals surface area contributed by atoms with Crippen LogP contribution < -0.4 is 4.72 Å². The van der Waals surface area contributed by atoms with Crippen molar-refractivity contribution in [3.05, 3.63) is 0 Å². The van der Waals surface area contributed by atoms with Crippen molar-refractivity contribution in [1.29, 1.82) is 5.26 Å². The third kappa shape index (κ3) is 3.98. The van der Waals surface area contributed by atoms with Crippen LogP contribution in [0.15, 0.2) is 0 Å². The number of nitriles is 1. The highest BCUT2D eigenvalue weighted by Gasteiger charge is 2.23. The van der Waals surface area contributed by atoms with Crippen LogP contribution in [-0.4, -0.2) is 44.1 Å². The lowest BCUT2D eigenvalue weighted by Crippen LogP contribution is -2.44. The number of likely N-dealkylation sites (tertiary alicyclic amines) is 1. The van der Waals surface area contributed by atoms with Gasteiger partial charge in [-0.05, 0) is 26.2 Å². The fourth-order valence-corrected chi connectivity index (χ4v) is 2.33. The van der Waals surface area contributed by atoms with Crippen LogP contribution in [0.5, 0.6) is 0 Å². The van der Waals surface area contributed by atoms with E-state index >= 15 is 0 Å². The Morgan fingerprint density at radius 3 is 2.53 bits per heavy atom. The van der Waals surface area contributed by atoms with Gasteiger partial charge in [0.2, 0.25) is 15.9 Å². The normalized spacial score (nSPS) is 18.5. The lowest BCUT2D eigenvalue weighted by molar-refractivity contribution is -0.130. The van der Waals surface area contributed by atoms with Gasteiger partial charge in [0.15, 0.2) is 5.25 Å². The zero-order chi connectivity index (χ0) is 12.9. The third-order valence-electron chi connectivity index (χ3n) is 2.78. The largest absolute Gasteiger partial charge is 0.342 e. The minimum Gasteiger partial charge on any atom is -0.342 e. The number of amides is 1. The first-order chi connectivity index (χ1) is 7.97. The van der Waals surface area contributed by atoms with E-state index in [1.54, 1.807) is 11.0 Å². The van der Waals surface area contributed by atoms with Crippen LogP contribution in [0.1, 0.15) is 26.2 Å². The topological polar surface area (TPSA) is 90.3 Å². The molecule has 17 heavy (non-hydrogen) atoms. The highest BCUT2D eigenvalue weighted by atomic mass is 32.2. The fraction of sp³-hybridized carbons (Fsp3) is 0.800. The number of nitrogens with one attached hydrogen (secondary N) is 1. The average molecular weight is 259 g/mol. The summed E-state index contributed by atoms with van der Waals surface area (Å²) in [6, 6.07) is 1.63. The van der Waals surface area contributed by atoms with Gasteiger partial charge < -0.3 is 4.90 Å². The molecular formula is C10H17N3O3S. The van der Waals surface area contributed by atoms with Crippen LogP contribution in [-0.2, 0) is 14.8 Å². The number of rotatable bonds is 4. The minimum atomic E-state index is -3.70. The molecule has 1 N–H and O–H groups in total. The quantitative estimate of drug-likeness (QED) is 0.759. The third-order valence-corrected chi connectivity index (χ3v) is 4.36. The lowest BCUT2D eigenvalue weighted by atomic mass is 10.1. The van der Waals surface area contributed by atoms with Crippen molar-refractivity contribution in [3.63, 3.8) is 0 Å². The monoisotopic (exact) mass is 259 g/mol. The first-order valence-corrected chi connectivity index (χ1v) is 7.18. The van der Waals surface area contributed by atoms with Gasteiger partial charge in [0.1, 0.15) is 0 Å². The summed E-state index contributed by atoms with van der Waals surface area (Å²) < 4.78 is 25.1. The molecule has 0 aromatic carbocycles. The molecule has 7 heteroatoms. The van der Waals surface area contributed by atoms with Crippen molar-refractivity contribution in [2.75, 3.05) is 19.6 Å². The van der Waals surface area contributed by atoms with E-state index in [1.165, 1.54) is 6.92 Å². The number of hydrogen-bond acceptors (Lipinski definition) is 4. The summed E-state index contributed by atoms with van der Waals surface area (Å²) in [6.07, 6.45) is 3.04. The fourth-order valence-electron chi connectivity index (χ4n) is 1.61. The van der Waals surface area contributed by atoms with Gasteiger partial charge in [-0.2, -0.15) is 5.26 Å². The predicted molar refractivity (Wildman–Crippen MR) is 62.4 cm³/mol. The Hall–Kier alpha value is -1.13. The van der Waals surface area contributed by atoms with Crippen LogP contribution in [0.25, 0.3) is 0 Å². The number of carbonyl (C=O) groups excluding carboxylic acids is 1. The Balaban J connectivity index is 2.45. The Morgan fingerprint density at radius 2 is 2.00 bits per heavy atom. The van der Waals surface area contributed by atoms with E-state index in [-0.39, 0.29) is 12.5 Å². The molecule has 1 heterocycles. The summed E-state index contributed by atoms with van der Waals surface area (Å²) in [5.41, 5.74) is 0. The number of carbonyl (C=O) groups is 1. The summed E-state index contributed by atoms with van der Waals surface area (Å²) >= 11 is 0. The molecule has 1 aliphatic rings. The van der Waals surface area contributed by atoms with Crippen LogP contribution in [0, 0.1) is 11.3 Å². The molecule has 1 saturated heterocycles. The van der Waals surface area contributed by atoms with Crippen molar-refractivity contribution in [1.82, 2.24) is 9.62 Å². The predicted octanol–water partition coefficient (Wildman–Crippen LogP) is -0.170. The molecule has 0 aliphatic carbocycles. The highest BCUT2D eigenvalue weighted by molar-refractivity contribution is 7.90. The van der Waals surface area contributed by atoms with Crippen molar-refractivity contribution in [2.45, 2.75) is 31.4 Å². The molecule has 1 amide bonds. The first kappa shape index (κ1) is 13.9. The van der Waals surface area contributed by atoms with Gasteiger partial charge in [0.25, 0.3) is 0 Å². The minimum absolute atomic E-state index is 0.224. The second-order valence-corrected chi connectivity index (χ2v) is 6.16. The molecular weight excluding hydrogens is 242 g/mol. The first-order valence-electron chi connectivity index (χ1n) is 5.63. The van der Waals surface area contributed by atoms with Gasteiger partial charge in [-0.1, -0.05) is 0 Å². The van der Waals surface area contributed by atoms with E-state index in [9.17, 15) is 13.2 Å². The van der Waals surface area contributed by atoms with Crippen LogP contribution >= 0.6 is 0 Å². The number of nitrogens with zero attached hydrogens (tertiary/aromatic N) is 2. The molecule has 1 aliphatic heterocycles. The van der Waals surface area contributed by atoms with E-state index in [1.807, 2.05) is 0 Å². The number of piperidine rings is 1. The van der Waals surface area contributed by atoms with Gasteiger partial charge in [-0.15, -0.1) is 0 Å². The maximum atomic E-state index is 11.7. The van der Waals surface area contributed by atoms with Crippen molar-refractivity contribution in [2.24, 2.45) is 0 Å². The molecule has 6 nitrogen and oxygen atoms in total. The van der Waals surface area contributed by atoms with Gasteiger partial charge >= 0.3 is 0 Å². The number of sulfonamides is 1. The van der Waals surface area contributed by atoms with E-state index in [4.69, 9.17) is 5.26 Å². The number of hydrogen-bond donors (Lipinski definition) is 1. The molecule has 0 spiro atoms. The Morgan fingerprint density at radius 1 is 1.41 bits per heavy atom. The lowest BCUT2D eigenvalue weighted by Gasteiger charge is -2.26. The van der Waals surface area contributed by atoms with E-state index < -0.39 is 15.3 Å². The van der Waals surface area contributed by atoms with Gasteiger partial charge in [0, 0.05) is 13.1 Å². The summed E-state index contributed by atoms with van der Waals surface area (Å²) in [7, 11) is -3.70. The zero-order valence-corrected chi connectivity index (χ0v) is 10.7. The highest BCUT2D eigenvalue weighted by Crippen LogP contribution is 2.08. The SMILES string of the molecule is CC(C#N)S(=O)(=O)NCC(=O)N1CCCCC1. The molecule has 0 saturated carbocycles. The standard InChI is InChI=1S/C10H17N3O3S/c1-9(7-11)17(15,16)12-8-10(14)13-5-3-2-4-6-13/h9,12H,2-6,8H2,1H3. The Labute approximate surface area is 102 Å². The summed E-state index contributed by atoms with van der Waals surface area (Å²) in [4.78, 5) is 13.3. The van der Waals surface area contributed by atoms with Gasteiger partial charge in [0.05, 0.1) is 12.6 Å². The second kappa shape index (κ2) is 5.98. The van der Waals surface area contributed by atoms with Crippen LogP contribution in [0.3, 0.4) is 0 Å². The Kier molecular flexibility index (Phi) is 4.90. The Bertz CT molecular complexity index is 407. The van der Waals surface area contributed by atoms with E-state index in [0.717, 1.165) is 19.3 Å². The summed E-state index contributed by atoms with van der Waals surface area (Å²) in [5, 5.41) is 7.38. The maximum Gasteiger partial charge on any atom is 0.237 e. The summed E-state index contributed by atoms with van der Waals surface area (Å²) in [5.74, 6) is -0.224. The van der Waals surface area contributed by atoms with Gasteiger partial charge in [-0.3, -0.25) is 4.79 Å². The molecule has 1 rings (SSSR count).